The van der Waals surface area contributed by atoms with Crippen molar-refractivity contribution in [1.29, 1.82) is 0 Å². The van der Waals surface area contributed by atoms with Crippen molar-refractivity contribution in [2.24, 2.45) is 11.3 Å². The van der Waals surface area contributed by atoms with E-state index in [4.69, 9.17) is 4.74 Å². The Morgan fingerprint density at radius 1 is 1.37 bits per heavy atom. The Hall–Kier alpha value is -0.940. The molecule has 2 aliphatic heterocycles. The molecular weight excluding hydrogens is 240 g/mol. The smallest absolute Gasteiger partial charge is 0.0964 e. The highest BCUT2D eigenvalue weighted by Gasteiger charge is 2.57. The Balaban J connectivity index is 1.48. The number of ether oxygens (including phenoxy) is 1. The van der Waals surface area contributed by atoms with Gasteiger partial charge in [-0.2, -0.15) is 15.4 Å². The third-order valence-corrected chi connectivity index (χ3v) is 5.43. The van der Waals surface area contributed by atoms with E-state index in [0.29, 0.717) is 5.41 Å². The quantitative estimate of drug-likeness (QED) is 0.898. The van der Waals surface area contributed by atoms with Crippen LogP contribution in [0, 0.1) is 11.3 Å². The minimum absolute atomic E-state index is 0.645. The number of nitrogens with one attached hydrogen (secondary N) is 1. The van der Waals surface area contributed by atoms with Gasteiger partial charge >= 0.3 is 0 Å². The number of H-pyrrole nitrogens is 1. The predicted molar refractivity (Wildman–Crippen MR) is 70.4 cm³/mol. The second-order valence-corrected chi connectivity index (χ2v) is 6.48. The molecular formula is C14H22N4O. The molecule has 1 aromatic heterocycles. The zero-order valence-electron chi connectivity index (χ0n) is 11.3. The largest absolute Gasteiger partial charge is 0.381 e. The average molecular weight is 262 g/mol. The lowest BCUT2D eigenvalue weighted by Gasteiger charge is -2.65. The van der Waals surface area contributed by atoms with Crippen LogP contribution >= 0.6 is 0 Å². The third kappa shape index (κ3) is 1.91. The average Bonchev–Trinajstić information content (AvgIpc) is 2.86. The minimum atomic E-state index is 0.645. The molecule has 0 radical (unpaired) electrons. The molecule has 0 bridgehead atoms. The van der Waals surface area contributed by atoms with Crippen molar-refractivity contribution in [1.82, 2.24) is 20.3 Å². The standard InChI is InChI=1S/C14H22N4O/c1-4-14(5-1)10-18(9-12-8-15-17-16-12)13(14)11-2-6-19-7-3-11/h8,11,13H,1-7,9-10H2,(H,15,16,17). The highest BCUT2D eigenvalue weighted by atomic mass is 16.5. The third-order valence-electron chi connectivity index (χ3n) is 5.43. The summed E-state index contributed by atoms with van der Waals surface area (Å²) in [5, 5.41) is 10.8. The fourth-order valence-corrected chi connectivity index (χ4v) is 4.45. The fraction of sp³-hybridized carbons (Fsp3) is 0.857. The van der Waals surface area contributed by atoms with Crippen molar-refractivity contribution in [2.75, 3.05) is 19.8 Å². The predicted octanol–water partition coefficient (Wildman–Crippen LogP) is 1.59. The first-order chi connectivity index (χ1) is 9.37. The summed E-state index contributed by atoms with van der Waals surface area (Å²) >= 11 is 0. The summed E-state index contributed by atoms with van der Waals surface area (Å²) in [5.41, 5.74) is 1.72. The van der Waals surface area contributed by atoms with Crippen molar-refractivity contribution in [3.05, 3.63) is 11.9 Å². The summed E-state index contributed by atoms with van der Waals surface area (Å²) < 4.78 is 5.53. The van der Waals surface area contributed by atoms with E-state index in [1.165, 1.54) is 38.6 Å². The van der Waals surface area contributed by atoms with E-state index in [2.05, 4.69) is 20.3 Å². The van der Waals surface area contributed by atoms with Gasteiger partial charge in [0.05, 0.1) is 11.9 Å². The van der Waals surface area contributed by atoms with Crippen LogP contribution in [0.3, 0.4) is 0 Å². The van der Waals surface area contributed by atoms with Gasteiger partial charge in [0.2, 0.25) is 0 Å². The topological polar surface area (TPSA) is 54.0 Å². The van der Waals surface area contributed by atoms with Crippen LogP contribution in [-0.4, -0.2) is 46.1 Å². The van der Waals surface area contributed by atoms with E-state index in [9.17, 15) is 0 Å². The van der Waals surface area contributed by atoms with Gasteiger partial charge in [0.1, 0.15) is 0 Å². The van der Waals surface area contributed by atoms with Gasteiger partial charge in [0.15, 0.2) is 0 Å². The van der Waals surface area contributed by atoms with Crippen molar-refractivity contribution in [2.45, 2.75) is 44.7 Å². The second-order valence-electron chi connectivity index (χ2n) is 6.48. The van der Waals surface area contributed by atoms with Gasteiger partial charge < -0.3 is 4.74 Å². The highest BCUT2D eigenvalue weighted by Crippen LogP contribution is 2.56. The van der Waals surface area contributed by atoms with Crippen LogP contribution in [0.4, 0.5) is 0 Å². The Bertz CT molecular complexity index is 423. The molecule has 3 fully saturated rings. The fourth-order valence-electron chi connectivity index (χ4n) is 4.45. The second kappa shape index (κ2) is 4.56. The SMILES string of the molecule is c1n[nH]nc1CN1CC2(CCC2)C1C1CCOCC1. The molecule has 2 saturated heterocycles. The summed E-state index contributed by atoms with van der Waals surface area (Å²) in [6, 6.07) is 0.766. The maximum absolute atomic E-state index is 5.53. The summed E-state index contributed by atoms with van der Waals surface area (Å²) in [4.78, 5) is 2.63. The molecule has 5 heteroatoms. The number of rotatable bonds is 3. The molecule has 19 heavy (non-hydrogen) atoms. The Labute approximate surface area is 113 Å². The van der Waals surface area contributed by atoms with Crippen molar-refractivity contribution in [3.8, 4) is 0 Å². The molecule has 4 rings (SSSR count). The summed E-state index contributed by atoms with van der Waals surface area (Å²) in [5.74, 6) is 0.828. The van der Waals surface area contributed by atoms with E-state index in [0.717, 1.165) is 37.4 Å². The van der Waals surface area contributed by atoms with Crippen molar-refractivity contribution >= 4 is 0 Å². The Kier molecular flexibility index (Phi) is 2.84. The van der Waals surface area contributed by atoms with Gasteiger partial charge in [-0.25, -0.2) is 0 Å². The normalized spacial score (nSPS) is 31.1. The van der Waals surface area contributed by atoms with Crippen molar-refractivity contribution in [3.63, 3.8) is 0 Å². The summed E-state index contributed by atoms with van der Waals surface area (Å²) in [6.45, 7) is 4.13. The molecule has 1 atom stereocenters. The Morgan fingerprint density at radius 2 is 2.21 bits per heavy atom. The summed E-state index contributed by atoms with van der Waals surface area (Å²) in [7, 11) is 0. The number of hydrogen-bond acceptors (Lipinski definition) is 4. The van der Waals surface area contributed by atoms with Crippen LogP contribution < -0.4 is 0 Å². The molecule has 1 aliphatic carbocycles. The zero-order chi connectivity index (χ0) is 12.7. The number of nitrogens with zero attached hydrogens (tertiary/aromatic N) is 3. The van der Waals surface area contributed by atoms with Crippen LogP contribution in [0.2, 0.25) is 0 Å². The first kappa shape index (κ1) is 11.9. The van der Waals surface area contributed by atoms with Gasteiger partial charge in [0.25, 0.3) is 0 Å². The molecule has 1 spiro atoms. The molecule has 5 nitrogen and oxygen atoms in total. The van der Waals surface area contributed by atoms with E-state index in [1.54, 1.807) is 0 Å². The highest BCUT2D eigenvalue weighted by molar-refractivity contribution is 5.12. The molecule has 1 N–H and O–H groups in total. The van der Waals surface area contributed by atoms with Crippen LogP contribution in [0.15, 0.2) is 6.20 Å². The number of aromatic nitrogens is 3. The van der Waals surface area contributed by atoms with E-state index in [1.807, 2.05) is 6.20 Å². The van der Waals surface area contributed by atoms with Gasteiger partial charge in [-0.1, -0.05) is 6.42 Å². The lowest BCUT2D eigenvalue weighted by Crippen LogP contribution is -2.69. The van der Waals surface area contributed by atoms with Crippen LogP contribution in [0.5, 0.6) is 0 Å². The van der Waals surface area contributed by atoms with Crippen LogP contribution in [0.25, 0.3) is 0 Å². The van der Waals surface area contributed by atoms with E-state index < -0.39 is 0 Å². The minimum Gasteiger partial charge on any atom is -0.381 e. The van der Waals surface area contributed by atoms with Gasteiger partial charge in [-0.15, -0.1) is 0 Å². The van der Waals surface area contributed by atoms with Gasteiger partial charge in [-0.05, 0) is 37.0 Å². The van der Waals surface area contributed by atoms with Gasteiger partial charge in [-0.3, -0.25) is 4.90 Å². The number of aromatic amines is 1. The number of likely N-dealkylation sites (tertiary alicyclic amines) is 1. The van der Waals surface area contributed by atoms with Gasteiger partial charge in [0, 0.05) is 32.3 Å². The Morgan fingerprint density at radius 3 is 2.84 bits per heavy atom. The first-order valence-corrected chi connectivity index (χ1v) is 7.54. The molecule has 104 valence electrons. The summed E-state index contributed by atoms with van der Waals surface area (Å²) in [6.07, 6.45) is 8.63. The van der Waals surface area contributed by atoms with Crippen LogP contribution in [0.1, 0.15) is 37.8 Å². The molecule has 3 heterocycles. The molecule has 0 aromatic carbocycles. The maximum atomic E-state index is 5.53. The monoisotopic (exact) mass is 262 g/mol. The molecule has 0 amide bonds. The first-order valence-electron chi connectivity index (χ1n) is 7.54. The molecule has 3 aliphatic rings. The molecule has 1 saturated carbocycles. The lowest BCUT2D eigenvalue weighted by molar-refractivity contribution is -0.167. The maximum Gasteiger partial charge on any atom is 0.0964 e. The van der Waals surface area contributed by atoms with E-state index >= 15 is 0 Å². The molecule has 1 aromatic rings. The van der Waals surface area contributed by atoms with Crippen molar-refractivity contribution < 1.29 is 4.74 Å². The van der Waals surface area contributed by atoms with Crippen LogP contribution in [-0.2, 0) is 11.3 Å². The lowest BCUT2D eigenvalue weighted by atomic mass is 9.54. The zero-order valence-corrected chi connectivity index (χ0v) is 11.3. The number of hydrogen-bond donors (Lipinski definition) is 1. The van der Waals surface area contributed by atoms with E-state index in [-0.39, 0.29) is 0 Å². The molecule has 1 unspecified atom stereocenters.